The van der Waals surface area contributed by atoms with Gasteiger partial charge in [-0.15, -0.1) is 0 Å². The summed E-state index contributed by atoms with van der Waals surface area (Å²) < 4.78 is 0. The summed E-state index contributed by atoms with van der Waals surface area (Å²) in [4.78, 5) is 19.1. The van der Waals surface area contributed by atoms with E-state index in [0.29, 0.717) is 12.0 Å². The monoisotopic (exact) mass is 247 g/mol. The molecule has 0 saturated carbocycles. The largest absolute Gasteiger partial charge is 0.396 e. The van der Waals surface area contributed by atoms with Gasteiger partial charge in [0.15, 0.2) is 0 Å². The summed E-state index contributed by atoms with van der Waals surface area (Å²) in [6.45, 7) is 2.09. The van der Waals surface area contributed by atoms with Crippen molar-refractivity contribution in [2.24, 2.45) is 0 Å². The molecule has 0 spiro atoms. The summed E-state index contributed by atoms with van der Waals surface area (Å²) in [7, 11) is 0. The van der Waals surface area contributed by atoms with E-state index >= 15 is 0 Å². The number of nitrogens with one attached hydrogen (secondary N) is 2. The molecule has 1 heterocycles. The average Bonchev–Trinajstić information content (AvgIpc) is 2.83. The van der Waals surface area contributed by atoms with Crippen molar-refractivity contribution in [2.75, 3.05) is 6.61 Å². The van der Waals surface area contributed by atoms with Gasteiger partial charge in [0.05, 0.1) is 17.4 Å². The second kappa shape index (κ2) is 5.64. The van der Waals surface area contributed by atoms with Gasteiger partial charge in [0.25, 0.3) is 5.91 Å². The lowest BCUT2D eigenvalue weighted by Gasteiger charge is -2.13. The molecular formula is C13H17N3O2. The Balaban J connectivity index is 2.03. The second-order valence-corrected chi connectivity index (χ2v) is 4.37. The molecule has 1 atom stereocenters. The van der Waals surface area contributed by atoms with Crippen LogP contribution in [0, 0.1) is 0 Å². The third-order valence-electron chi connectivity index (χ3n) is 2.86. The van der Waals surface area contributed by atoms with Gasteiger partial charge in [-0.3, -0.25) is 4.79 Å². The predicted molar refractivity (Wildman–Crippen MR) is 69.3 cm³/mol. The molecule has 5 heteroatoms. The number of aromatic amines is 1. The Hall–Kier alpha value is -1.88. The van der Waals surface area contributed by atoms with Crippen molar-refractivity contribution in [3.63, 3.8) is 0 Å². The molecule has 18 heavy (non-hydrogen) atoms. The van der Waals surface area contributed by atoms with Crippen LogP contribution >= 0.6 is 0 Å². The Morgan fingerprint density at radius 3 is 3.17 bits per heavy atom. The van der Waals surface area contributed by atoms with Crippen LogP contribution in [0.4, 0.5) is 0 Å². The highest BCUT2D eigenvalue weighted by atomic mass is 16.2. The van der Waals surface area contributed by atoms with Crippen LogP contribution in [0.1, 0.15) is 30.1 Å². The fourth-order valence-corrected chi connectivity index (χ4v) is 1.85. The molecule has 0 aliphatic rings. The number of rotatable bonds is 5. The number of amides is 1. The van der Waals surface area contributed by atoms with Gasteiger partial charge in [0, 0.05) is 18.2 Å². The first-order valence-corrected chi connectivity index (χ1v) is 6.05. The van der Waals surface area contributed by atoms with Crippen LogP contribution < -0.4 is 5.32 Å². The van der Waals surface area contributed by atoms with Gasteiger partial charge in [0.2, 0.25) is 0 Å². The number of hydrogen-bond donors (Lipinski definition) is 3. The summed E-state index contributed by atoms with van der Waals surface area (Å²) in [6, 6.07) is 5.43. The van der Waals surface area contributed by atoms with E-state index < -0.39 is 0 Å². The molecule has 1 aromatic heterocycles. The summed E-state index contributed by atoms with van der Waals surface area (Å²) in [5, 5.41) is 11.6. The number of benzene rings is 1. The van der Waals surface area contributed by atoms with Crippen LogP contribution in [0.5, 0.6) is 0 Å². The van der Waals surface area contributed by atoms with Gasteiger partial charge in [-0.05, 0) is 38.0 Å². The Kier molecular flexibility index (Phi) is 3.94. The fraction of sp³-hybridized carbons (Fsp3) is 0.385. The molecule has 2 rings (SSSR count). The highest BCUT2D eigenvalue weighted by molar-refractivity contribution is 5.97. The minimum absolute atomic E-state index is 0.0575. The number of carbonyl (C=O) groups is 1. The number of nitrogens with zero attached hydrogens (tertiary/aromatic N) is 1. The maximum Gasteiger partial charge on any atom is 0.251 e. The molecule has 3 N–H and O–H groups in total. The van der Waals surface area contributed by atoms with Crippen LogP contribution in [-0.2, 0) is 0 Å². The summed E-state index contributed by atoms with van der Waals surface area (Å²) >= 11 is 0. The molecule has 0 saturated heterocycles. The Bertz CT molecular complexity index is 536. The van der Waals surface area contributed by atoms with Gasteiger partial charge >= 0.3 is 0 Å². The zero-order valence-corrected chi connectivity index (χ0v) is 10.3. The van der Waals surface area contributed by atoms with Crippen LogP contribution in [0.15, 0.2) is 24.5 Å². The molecule has 0 fully saturated rings. The van der Waals surface area contributed by atoms with E-state index in [0.717, 1.165) is 17.5 Å². The van der Waals surface area contributed by atoms with Crippen LogP contribution in [0.2, 0.25) is 0 Å². The highest BCUT2D eigenvalue weighted by Gasteiger charge is 2.10. The van der Waals surface area contributed by atoms with E-state index in [1.54, 1.807) is 18.5 Å². The third-order valence-corrected chi connectivity index (χ3v) is 2.86. The van der Waals surface area contributed by atoms with Crippen molar-refractivity contribution in [1.82, 2.24) is 15.3 Å². The average molecular weight is 247 g/mol. The van der Waals surface area contributed by atoms with Crippen molar-refractivity contribution in [3.8, 4) is 0 Å². The van der Waals surface area contributed by atoms with Crippen LogP contribution in [-0.4, -0.2) is 33.6 Å². The third kappa shape index (κ3) is 2.87. The zero-order chi connectivity index (χ0) is 13.0. The van der Waals surface area contributed by atoms with Crippen molar-refractivity contribution in [1.29, 1.82) is 0 Å². The SMILES string of the molecule is CC(CCCO)NC(=O)c1ccc2nc[nH]c2c1. The van der Waals surface area contributed by atoms with Crippen LogP contribution in [0.3, 0.4) is 0 Å². The van der Waals surface area contributed by atoms with Crippen molar-refractivity contribution in [2.45, 2.75) is 25.8 Å². The molecule has 96 valence electrons. The number of fused-ring (bicyclic) bond motifs is 1. The van der Waals surface area contributed by atoms with Crippen LogP contribution in [0.25, 0.3) is 11.0 Å². The van der Waals surface area contributed by atoms with E-state index in [4.69, 9.17) is 5.11 Å². The number of H-pyrrole nitrogens is 1. The number of hydrogen-bond acceptors (Lipinski definition) is 3. The van der Waals surface area contributed by atoms with E-state index in [-0.39, 0.29) is 18.6 Å². The van der Waals surface area contributed by atoms with Crippen molar-refractivity contribution in [3.05, 3.63) is 30.1 Å². The molecule has 1 aromatic carbocycles. The number of imidazole rings is 1. The summed E-state index contributed by atoms with van der Waals surface area (Å²) in [6.07, 6.45) is 3.08. The lowest BCUT2D eigenvalue weighted by atomic mass is 10.1. The summed E-state index contributed by atoms with van der Waals surface area (Å²) in [5.41, 5.74) is 2.31. The van der Waals surface area contributed by atoms with E-state index in [9.17, 15) is 4.79 Å². The number of aliphatic hydroxyl groups is 1. The van der Waals surface area contributed by atoms with Gasteiger partial charge in [0.1, 0.15) is 0 Å². The Morgan fingerprint density at radius 2 is 2.39 bits per heavy atom. The van der Waals surface area contributed by atoms with Gasteiger partial charge < -0.3 is 15.4 Å². The standard InChI is InChI=1S/C13H17N3O2/c1-9(3-2-6-17)16-13(18)10-4-5-11-12(7-10)15-8-14-11/h4-5,7-9,17H,2-3,6H2,1H3,(H,14,15)(H,16,18). The highest BCUT2D eigenvalue weighted by Crippen LogP contribution is 2.11. The minimum atomic E-state index is -0.100. The van der Waals surface area contributed by atoms with E-state index in [2.05, 4.69) is 15.3 Å². The maximum absolute atomic E-state index is 12.0. The molecule has 0 radical (unpaired) electrons. The van der Waals surface area contributed by atoms with E-state index in [1.165, 1.54) is 0 Å². The van der Waals surface area contributed by atoms with Crippen molar-refractivity contribution < 1.29 is 9.90 Å². The number of carbonyl (C=O) groups excluding carboxylic acids is 1. The number of aromatic nitrogens is 2. The smallest absolute Gasteiger partial charge is 0.251 e. The lowest BCUT2D eigenvalue weighted by Crippen LogP contribution is -2.32. The van der Waals surface area contributed by atoms with Crippen molar-refractivity contribution >= 4 is 16.9 Å². The molecule has 0 aliphatic heterocycles. The van der Waals surface area contributed by atoms with E-state index in [1.807, 2.05) is 13.0 Å². The van der Waals surface area contributed by atoms with Gasteiger partial charge in [-0.2, -0.15) is 0 Å². The Morgan fingerprint density at radius 1 is 1.56 bits per heavy atom. The predicted octanol–water partition coefficient (Wildman–Crippen LogP) is 1.45. The Labute approximate surface area is 105 Å². The molecule has 1 amide bonds. The quantitative estimate of drug-likeness (QED) is 0.748. The summed E-state index contributed by atoms with van der Waals surface area (Å²) in [5.74, 6) is -0.100. The van der Waals surface area contributed by atoms with Gasteiger partial charge in [-0.1, -0.05) is 0 Å². The minimum Gasteiger partial charge on any atom is -0.396 e. The lowest BCUT2D eigenvalue weighted by molar-refractivity contribution is 0.0936. The van der Waals surface area contributed by atoms with Gasteiger partial charge in [-0.25, -0.2) is 4.98 Å². The first-order chi connectivity index (χ1) is 8.70. The molecule has 0 aliphatic carbocycles. The normalized spacial score (nSPS) is 12.6. The molecule has 0 bridgehead atoms. The fourth-order valence-electron chi connectivity index (χ4n) is 1.85. The molecule has 1 unspecified atom stereocenters. The molecule has 5 nitrogen and oxygen atoms in total. The molecule has 2 aromatic rings. The zero-order valence-electron chi connectivity index (χ0n) is 10.3. The molecular weight excluding hydrogens is 230 g/mol. The first kappa shape index (κ1) is 12.6. The maximum atomic E-state index is 12.0. The second-order valence-electron chi connectivity index (χ2n) is 4.37. The topological polar surface area (TPSA) is 78.0 Å². The number of aliphatic hydroxyl groups excluding tert-OH is 1. The first-order valence-electron chi connectivity index (χ1n) is 6.05.